The molecule has 1 saturated carbocycles. The van der Waals surface area contributed by atoms with Gasteiger partial charge in [0, 0.05) is 11.9 Å². The number of benzene rings is 1. The Bertz CT molecular complexity index is 748. The number of hydrogen-bond acceptors (Lipinski definition) is 6. The van der Waals surface area contributed by atoms with Crippen LogP contribution in [0.25, 0.3) is 0 Å². The van der Waals surface area contributed by atoms with Crippen LogP contribution in [0, 0.1) is 0 Å². The lowest BCUT2D eigenvalue weighted by atomic mass is 9.91. The van der Waals surface area contributed by atoms with Gasteiger partial charge in [0.15, 0.2) is 0 Å². The van der Waals surface area contributed by atoms with Gasteiger partial charge in [-0.25, -0.2) is 4.98 Å². The van der Waals surface area contributed by atoms with Crippen molar-refractivity contribution in [1.29, 1.82) is 0 Å². The fourth-order valence-corrected chi connectivity index (χ4v) is 3.05. The topological polar surface area (TPSA) is 105 Å². The van der Waals surface area contributed by atoms with Crippen LogP contribution >= 0.6 is 0 Å². The summed E-state index contributed by atoms with van der Waals surface area (Å²) in [6, 6.07) is 9.79. The molecule has 0 radical (unpaired) electrons. The highest BCUT2D eigenvalue weighted by atomic mass is 16.1. The molecule has 1 heterocycles. The maximum absolute atomic E-state index is 11.7. The predicted molar refractivity (Wildman–Crippen MR) is 99.5 cm³/mol. The SMILES string of the molecule is C=NC1CCCCC1Nc1ncc(C(N)=O)c(Nc2ccccc2)n1. The fraction of sp³-hybridized carbons (Fsp3) is 0.333. The molecule has 1 amide bonds. The van der Waals surface area contributed by atoms with E-state index in [0.717, 1.165) is 31.4 Å². The van der Waals surface area contributed by atoms with Crippen molar-refractivity contribution >= 4 is 30.1 Å². The first-order valence-corrected chi connectivity index (χ1v) is 8.38. The number of aliphatic imine (C=N–C) groups is 1. The molecule has 1 aliphatic carbocycles. The number of nitrogens with zero attached hydrogens (tertiary/aromatic N) is 3. The quantitative estimate of drug-likeness (QED) is 0.702. The van der Waals surface area contributed by atoms with E-state index >= 15 is 0 Å². The lowest BCUT2D eigenvalue weighted by Crippen LogP contribution is -2.35. The molecule has 2 atom stereocenters. The third kappa shape index (κ3) is 4.12. The first-order valence-electron chi connectivity index (χ1n) is 8.38. The van der Waals surface area contributed by atoms with Crippen molar-refractivity contribution in [3.8, 4) is 0 Å². The third-order valence-corrected chi connectivity index (χ3v) is 4.37. The second-order valence-corrected chi connectivity index (χ2v) is 6.10. The Morgan fingerprint density at radius 1 is 1.24 bits per heavy atom. The number of carbonyl (C=O) groups excluding carboxylic acids is 1. The summed E-state index contributed by atoms with van der Waals surface area (Å²) in [5.41, 5.74) is 6.51. The zero-order valence-corrected chi connectivity index (χ0v) is 14.0. The van der Waals surface area contributed by atoms with Gasteiger partial charge in [0.05, 0.1) is 12.1 Å². The number of anilines is 3. The Morgan fingerprint density at radius 2 is 2.00 bits per heavy atom. The molecular weight excluding hydrogens is 316 g/mol. The van der Waals surface area contributed by atoms with Gasteiger partial charge in [0.1, 0.15) is 11.4 Å². The Kier molecular flexibility index (Phi) is 5.23. The zero-order valence-electron chi connectivity index (χ0n) is 14.0. The number of nitrogens with two attached hydrogens (primary N) is 1. The highest BCUT2D eigenvalue weighted by molar-refractivity contribution is 5.98. The molecule has 1 fully saturated rings. The average Bonchev–Trinajstić information content (AvgIpc) is 2.63. The van der Waals surface area contributed by atoms with Crippen molar-refractivity contribution in [3.63, 3.8) is 0 Å². The summed E-state index contributed by atoms with van der Waals surface area (Å²) in [6.07, 6.45) is 5.74. The molecule has 25 heavy (non-hydrogen) atoms. The second kappa shape index (κ2) is 7.74. The van der Waals surface area contributed by atoms with Gasteiger partial charge in [-0.15, -0.1) is 0 Å². The van der Waals surface area contributed by atoms with Crippen LogP contribution < -0.4 is 16.4 Å². The maximum Gasteiger partial charge on any atom is 0.254 e. The van der Waals surface area contributed by atoms with Crippen molar-refractivity contribution < 1.29 is 4.79 Å². The van der Waals surface area contributed by atoms with Crippen molar-refractivity contribution in [1.82, 2.24) is 9.97 Å². The summed E-state index contributed by atoms with van der Waals surface area (Å²) in [4.78, 5) is 24.6. The van der Waals surface area contributed by atoms with Crippen LogP contribution in [0.15, 0.2) is 41.5 Å². The zero-order chi connectivity index (χ0) is 17.6. The van der Waals surface area contributed by atoms with E-state index in [-0.39, 0.29) is 17.6 Å². The van der Waals surface area contributed by atoms with Crippen LogP contribution in [0.4, 0.5) is 17.5 Å². The smallest absolute Gasteiger partial charge is 0.254 e. The Labute approximate surface area is 146 Å². The lowest BCUT2D eigenvalue weighted by Gasteiger charge is -2.29. The third-order valence-electron chi connectivity index (χ3n) is 4.37. The molecule has 1 aromatic carbocycles. The van der Waals surface area contributed by atoms with E-state index in [1.807, 2.05) is 30.3 Å². The van der Waals surface area contributed by atoms with Crippen molar-refractivity contribution in [2.75, 3.05) is 10.6 Å². The van der Waals surface area contributed by atoms with Crippen LogP contribution in [0.5, 0.6) is 0 Å². The van der Waals surface area contributed by atoms with Crippen LogP contribution in [0.3, 0.4) is 0 Å². The molecule has 1 aliphatic rings. The summed E-state index contributed by atoms with van der Waals surface area (Å²) >= 11 is 0. The second-order valence-electron chi connectivity index (χ2n) is 6.10. The first kappa shape index (κ1) is 16.9. The fourth-order valence-electron chi connectivity index (χ4n) is 3.05. The molecule has 3 rings (SSSR count). The Balaban J connectivity index is 1.84. The van der Waals surface area contributed by atoms with E-state index in [4.69, 9.17) is 5.73 Å². The van der Waals surface area contributed by atoms with Crippen LogP contribution in [0.2, 0.25) is 0 Å². The number of amides is 1. The molecular formula is C18H22N6O. The summed E-state index contributed by atoms with van der Waals surface area (Å²) < 4.78 is 0. The molecule has 1 aromatic heterocycles. The van der Waals surface area contributed by atoms with E-state index in [1.165, 1.54) is 6.20 Å². The van der Waals surface area contributed by atoms with Gasteiger partial charge in [0.25, 0.3) is 5.91 Å². The number of nitrogens with one attached hydrogen (secondary N) is 2. The first-order chi connectivity index (χ1) is 12.2. The minimum Gasteiger partial charge on any atom is -0.365 e. The van der Waals surface area contributed by atoms with E-state index in [1.54, 1.807) is 0 Å². The van der Waals surface area contributed by atoms with Gasteiger partial charge in [-0.2, -0.15) is 4.98 Å². The van der Waals surface area contributed by atoms with Gasteiger partial charge < -0.3 is 16.4 Å². The van der Waals surface area contributed by atoms with E-state index < -0.39 is 5.91 Å². The van der Waals surface area contributed by atoms with Crippen LogP contribution in [-0.4, -0.2) is 34.7 Å². The maximum atomic E-state index is 11.7. The molecule has 0 aliphatic heterocycles. The van der Waals surface area contributed by atoms with Crippen LogP contribution in [0.1, 0.15) is 36.0 Å². The number of rotatable bonds is 6. The van der Waals surface area contributed by atoms with E-state index in [9.17, 15) is 4.79 Å². The largest absolute Gasteiger partial charge is 0.365 e. The molecule has 0 bridgehead atoms. The van der Waals surface area contributed by atoms with Crippen molar-refractivity contribution in [3.05, 3.63) is 42.1 Å². The molecule has 7 heteroatoms. The number of primary amides is 1. The monoisotopic (exact) mass is 338 g/mol. The van der Waals surface area contributed by atoms with Gasteiger partial charge in [-0.1, -0.05) is 31.0 Å². The minimum absolute atomic E-state index is 0.148. The number of para-hydroxylation sites is 1. The average molecular weight is 338 g/mol. The minimum atomic E-state index is -0.576. The molecule has 2 aromatic rings. The molecule has 0 saturated heterocycles. The predicted octanol–water partition coefficient (Wildman–Crippen LogP) is 2.74. The Hall–Kier alpha value is -2.96. The highest BCUT2D eigenvalue weighted by Gasteiger charge is 2.25. The number of aromatic nitrogens is 2. The highest BCUT2D eigenvalue weighted by Crippen LogP contribution is 2.25. The van der Waals surface area contributed by atoms with Gasteiger partial charge in [0.2, 0.25) is 5.95 Å². The standard InChI is InChI=1S/C18H22N6O/c1-20-14-9-5-6-10-15(14)23-18-21-11-13(16(19)25)17(24-18)22-12-7-3-2-4-8-12/h2-4,7-8,11,14-15H,1,5-6,9-10H2,(H2,19,25)(H2,21,22,23,24). The van der Waals surface area contributed by atoms with Crippen molar-refractivity contribution in [2.45, 2.75) is 37.8 Å². The van der Waals surface area contributed by atoms with Crippen molar-refractivity contribution in [2.24, 2.45) is 10.7 Å². The molecule has 2 unspecified atom stereocenters. The van der Waals surface area contributed by atoms with Gasteiger partial charge >= 0.3 is 0 Å². The summed E-state index contributed by atoms with van der Waals surface area (Å²) in [6.45, 7) is 3.68. The summed E-state index contributed by atoms with van der Waals surface area (Å²) in [5.74, 6) is 0.257. The lowest BCUT2D eigenvalue weighted by molar-refractivity contribution is 0.100. The Morgan fingerprint density at radius 3 is 2.72 bits per heavy atom. The van der Waals surface area contributed by atoms with Gasteiger partial charge in [-0.3, -0.25) is 9.79 Å². The molecule has 130 valence electrons. The number of hydrogen-bond donors (Lipinski definition) is 3. The summed E-state index contributed by atoms with van der Waals surface area (Å²) in [5, 5.41) is 6.46. The molecule has 0 spiro atoms. The summed E-state index contributed by atoms with van der Waals surface area (Å²) in [7, 11) is 0. The number of carbonyl (C=O) groups is 1. The molecule has 7 nitrogen and oxygen atoms in total. The van der Waals surface area contributed by atoms with E-state index in [2.05, 4.69) is 32.3 Å². The van der Waals surface area contributed by atoms with Crippen LogP contribution in [-0.2, 0) is 0 Å². The normalized spacial score (nSPS) is 19.8. The van der Waals surface area contributed by atoms with E-state index in [0.29, 0.717) is 11.8 Å². The molecule has 4 N–H and O–H groups in total. The van der Waals surface area contributed by atoms with Gasteiger partial charge in [-0.05, 0) is 31.7 Å².